The second-order valence-corrected chi connectivity index (χ2v) is 11.3. The Bertz CT molecular complexity index is 1350. The van der Waals surface area contributed by atoms with Gasteiger partial charge in [-0.05, 0) is 94.2 Å². The van der Waals surface area contributed by atoms with Crippen molar-refractivity contribution >= 4 is 12.0 Å². The summed E-state index contributed by atoms with van der Waals surface area (Å²) in [6, 6.07) is 16.4. The molecule has 1 aliphatic rings. The van der Waals surface area contributed by atoms with Gasteiger partial charge in [0.05, 0.1) is 6.20 Å². The molecule has 0 aliphatic heterocycles. The van der Waals surface area contributed by atoms with Gasteiger partial charge in [-0.3, -0.25) is 4.79 Å². The molecule has 3 aromatic rings. The van der Waals surface area contributed by atoms with E-state index in [0.717, 1.165) is 35.4 Å². The summed E-state index contributed by atoms with van der Waals surface area (Å²) in [6.07, 6.45) is 4.73. The summed E-state index contributed by atoms with van der Waals surface area (Å²) in [5.41, 5.74) is 2.47. The van der Waals surface area contributed by atoms with Gasteiger partial charge in [-0.2, -0.15) is 0 Å². The molecule has 0 radical (unpaired) electrons. The Kier molecular flexibility index (Phi) is 9.94. The van der Waals surface area contributed by atoms with E-state index in [4.69, 9.17) is 14.6 Å². The van der Waals surface area contributed by atoms with Crippen molar-refractivity contribution in [3.05, 3.63) is 77.7 Å². The summed E-state index contributed by atoms with van der Waals surface area (Å²) in [5.74, 6) is -0.632. The van der Waals surface area contributed by atoms with Crippen LogP contribution in [-0.4, -0.2) is 46.4 Å². The monoisotopic (exact) mass is 563 g/mol. The smallest absolute Gasteiger partial charge is 0.407 e. The van der Waals surface area contributed by atoms with Gasteiger partial charge in [0, 0.05) is 18.7 Å². The molecule has 2 aromatic carbocycles. The zero-order valence-electron chi connectivity index (χ0n) is 23.8. The molecule has 0 unspecified atom stereocenters. The van der Waals surface area contributed by atoms with Gasteiger partial charge in [0.15, 0.2) is 0 Å². The van der Waals surface area contributed by atoms with E-state index in [1.807, 2.05) is 57.2 Å². The van der Waals surface area contributed by atoms with Gasteiger partial charge in [0.1, 0.15) is 22.7 Å². The second kappa shape index (κ2) is 13.6. The van der Waals surface area contributed by atoms with Gasteiger partial charge in [0.25, 0.3) is 5.91 Å². The molecule has 8 nitrogen and oxygen atoms in total. The number of aliphatic hydroxyl groups excluding tert-OH is 1. The number of hydrogen-bond donors (Lipinski definition) is 3. The molecule has 0 bridgehead atoms. The third-order valence-corrected chi connectivity index (χ3v) is 6.78. The third-order valence-electron chi connectivity index (χ3n) is 6.78. The summed E-state index contributed by atoms with van der Waals surface area (Å²) < 4.78 is 25.5. The number of aryl methyl sites for hydroxylation is 1. The van der Waals surface area contributed by atoms with Crippen LogP contribution in [0.1, 0.15) is 68.8 Å². The lowest BCUT2D eigenvalue weighted by Gasteiger charge is -2.30. The van der Waals surface area contributed by atoms with Crippen molar-refractivity contribution in [3.8, 4) is 22.8 Å². The molecule has 0 atom stereocenters. The Labute approximate surface area is 240 Å². The molecule has 218 valence electrons. The molecule has 41 heavy (non-hydrogen) atoms. The number of ether oxygens (including phenoxy) is 2. The maximum Gasteiger partial charge on any atom is 0.407 e. The van der Waals surface area contributed by atoms with Gasteiger partial charge < -0.3 is 25.2 Å². The SMILES string of the molecule is CC(C)(C)OC(=O)NC1CCC(NC(=O)c2cc(F)cnc2Oc2cccc(-c3cccc(CCCO)c3)c2)CC1. The molecular formula is C32H38FN3O5. The summed E-state index contributed by atoms with van der Waals surface area (Å²) in [4.78, 5) is 29.3. The first-order chi connectivity index (χ1) is 19.6. The molecule has 9 heteroatoms. The van der Waals surface area contributed by atoms with E-state index in [1.54, 1.807) is 6.07 Å². The number of aromatic nitrogens is 1. The minimum Gasteiger partial charge on any atom is -0.444 e. The van der Waals surface area contributed by atoms with Crippen LogP contribution in [0.5, 0.6) is 11.6 Å². The molecular weight excluding hydrogens is 525 g/mol. The molecule has 2 amide bonds. The van der Waals surface area contributed by atoms with Crippen LogP contribution < -0.4 is 15.4 Å². The van der Waals surface area contributed by atoms with Crippen LogP contribution in [0.2, 0.25) is 0 Å². The van der Waals surface area contributed by atoms with Crippen LogP contribution in [0.25, 0.3) is 11.1 Å². The number of alkyl carbamates (subject to hydrolysis) is 1. The lowest BCUT2D eigenvalue weighted by Crippen LogP contribution is -2.45. The number of carbonyl (C=O) groups excluding carboxylic acids is 2. The van der Waals surface area contributed by atoms with E-state index in [-0.39, 0.29) is 30.1 Å². The van der Waals surface area contributed by atoms with Crippen LogP contribution >= 0.6 is 0 Å². The first-order valence-corrected chi connectivity index (χ1v) is 14.0. The van der Waals surface area contributed by atoms with Gasteiger partial charge in [-0.25, -0.2) is 14.2 Å². The number of aliphatic hydroxyl groups is 1. The Hall–Kier alpha value is -3.98. The Balaban J connectivity index is 1.40. The molecule has 0 saturated heterocycles. The molecule has 4 rings (SSSR count). The lowest BCUT2D eigenvalue weighted by molar-refractivity contribution is 0.0487. The Morgan fingerprint density at radius 3 is 2.32 bits per heavy atom. The van der Waals surface area contributed by atoms with Crippen molar-refractivity contribution < 1.29 is 28.6 Å². The standard InChI is InChI=1S/C32H38FN3O5/c1-32(2,3)41-31(39)36-26-14-12-25(13-15-26)35-29(38)28-19-24(33)20-34-30(28)40-27-11-5-10-23(18-27)22-9-4-7-21(17-22)8-6-16-37/h4-5,7,9-11,17-20,25-26,37H,6,8,12-16H2,1-3H3,(H,35,38)(H,36,39). The highest BCUT2D eigenvalue weighted by atomic mass is 19.1. The number of nitrogens with zero attached hydrogens (tertiary/aromatic N) is 1. The van der Waals surface area contributed by atoms with Crippen LogP contribution in [0.15, 0.2) is 60.8 Å². The summed E-state index contributed by atoms with van der Waals surface area (Å²) in [5, 5.41) is 15.0. The van der Waals surface area contributed by atoms with E-state index in [1.165, 1.54) is 0 Å². The number of nitrogens with one attached hydrogen (secondary N) is 2. The second-order valence-electron chi connectivity index (χ2n) is 11.3. The van der Waals surface area contributed by atoms with Crippen molar-refractivity contribution in [2.75, 3.05) is 6.61 Å². The number of amides is 2. The first-order valence-electron chi connectivity index (χ1n) is 14.0. The highest BCUT2D eigenvalue weighted by molar-refractivity contribution is 5.96. The normalized spacial score (nSPS) is 17.0. The number of pyridine rings is 1. The minimum atomic E-state index is -0.638. The average Bonchev–Trinajstić information content (AvgIpc) is 2.93. The number of benzene rings is 2. The van der Waals surface area contributed by atoms with Crippen LogP contribution in [-0.2, 0) is 11.2 Å². The predicted octanol–water partition coefficient (Wildman–Crippen LogP) is 6.17. The lowest BCUT2D eigenvalue weighted by atomic mass is 9.91. The highest BCUT2D eigenvalue weighted by Crippen LogP contribution is 2.29. The summed E-state index contributed by atoms with van der Waals surface area (Å²) >= 11 is 0. The average molecular weight is 564 g/mol. The number of hydrogen-bond acceptors (Lipinski definition) is 6. The third kappa shape index (κ3) is 9.01. The van der Waals surface area contributed by atoms with E-state index < -0.39 is 23.4 Å². The molecule has 1 heterocycles. The zero-order chi connectivity index (χ0) is 29.4. The highest BCUT2D eigenvalue weighted by Gasteiger charge is 2.27. The molecule has 0 spiro atoms. The zero-order valence-corrected chi connectivity index (χ0v) is 23.8. The molecule has 1 saturated carbocycles. The van der Waals surface area contributed by atoms with Crippen molar-refractivity contribution in [1.29, 1.82) is 0 Å². The molecule has 1 fully saturated rings. The van der Waals surface area contributed by atoms with E-state index in [2.05, 4.69) is 21.7 Å². The Morgan fingerprint density at radius 1 is 0.976 bits per heavy atom. The molecule has 1 aliphatic carbocycles. The largest absolute Gasteiger partial charge is 0.444 e. The molecule has 3 N–H and O–H groups in total. The van der Waals surface area contributed by atoms with Crippen molar-refractivity contribution in [1.82, 2.24) is 15.6 Å². The summed E-state index contributed by atoms with van der Waals surface area (Å²) in [6.45, 7) is 5.58. The summed E-state index contributed by atoms with van der Waals surface area (Å²) in [7, 11) is 0. The fourth-order valence-electron chi connectivity index (χ4n) is 4.83. The minimum absolute atomic E-state index is 0.00964. The van der Waals surface area contributed by atoms with E-state index in [9.17, 15) is 14.0 Å². The quantitative estimate of drug-likeness (QED) is 0.287. The van der Waals surface area contributed by atoms with Crippen molar-refractivity contribution in [2.45, 2.75) is 77.0 Å². The maximum absolute atomic E-state index is 14.2. The van der Waals surface area contributed by atoms with Gasteiger partial charge in [-0.15, -0.1) is 0 Å². The predicted molar refractivity (Wildman–Crippen MR) is 154 cm³/mol. The number of rotatable bonds is 9. The van der Waals surface area contributed by atoms with Gasteiger partial charge in [-0.1, -0.05) is 36.4 Å². The van der Waals surface area contributed by atoms with Crippen LogP contribution in [0.3, 0.4) is 0 Å². The van der Waals surface area contributed by atoms with E-state index in [0.29, 0.717) is 37.9 Å². The number of halogens is 1. The maximum atomic E-state index is 14.2. The fraction of sp³-hybridized carbons (Fsp3) is 0.406. The fourth-order valence-corrected chi connectivity index (χ4v) is 4.83. The van der Waals surface area contributed by atoms with Gasteiger partial charge in [0.2, 0.25) is 5.88 Å². The van der Waals surface area contributed by atoms with Gasteiger partial charge >= 0.3 is 6.09 Å². The first kappa shape index (κ1) is 30.0. The van der Waals surface area contributed by atoms with Crippen LogP contribution in [0, 0.1) is 5.82 Å². The van der Waals surface area contributed by atoms with E-state index >= 15 is 0 Å². The van der Waals surface area contributed by atoms with Crippen LogP contribution in [0.4, 0.5) is 9.18 Å². The van der Waals surface area contributed by atoms with Crippen molar-refractivity contribution in [2.24, 2.45) is 0 Å². The number of carbonyl (C=O) groups is 2. The Morgan fingerprint density at radius 2 is 1.63 bits per heavy atom. The topological polar surface area (TPSA) is 110 Å². The van der Waals surface area contributed by atoms with Crippen molar-refractivity contribution in [3.63, 3.8) is 0 Å². The molecule has 1 aromatic heterocycles.